The number of halogens is 3. The average Bonchev–Trinajstić information content (AvgIpc) is 2.73. The molecule has 29 heavy (non-hydrogen) atoms. The van der Waals surface area contributed by atoms with Gasteiger partial charge in [-0.15, -0.1) is 0 Å². The highest BCUT2D eigenvalue weighted by Crippen LogP contribution is 2.30. The number of hydrazine groups is 1. The van der Waals surface area contributed by atoms with Gasteiger partial charge < -0.3 is 4.74 Å². The Morgan fingerprint density at radius 3 is 2.41 bits per heavy atom. The number of nitriles is 1. The first-order chi connectivity index (χ1) is 13.9. The Morgan fingerprint density at radius 2 is 1.76 bits per heavy atom. The lowest BCUT2D eigenvalue weighted by Gasteiger charge is -2.19. The summed E-state index contributed by atoms with van der Waals surface area (Å²) in [6, 6.07) is 12.8. The van der Waals surface area contributed by atoms with Crippen molar-refractivity contribution in [3.63, 3.8) is 0 Å². The van der Waals surface area contributed by atoms with Crippen LogP contribution in [0, 0.1) is 11.3 Å². The molecule has 1 aromatic carbocycles. The molecular formula is C19H12F3N5O2. The summed E-state index contributed by atoms with van der Waals surface area (Å²) in [4.78, 5) is 18.9. The summed E-state index contributed by atoms with van der Waals surface area (Å²) >= 11 is 0. The van der Waals surface area contributed by atoms with E-state index in [4.69, 9.17) is 10.00 Å². The van der Waals surface area contributed by atoms with Gasteiger partial charge in [0.1, 0.15) is 23.3 Å². The number of carbonyl (C=O) groups is 1. The number of nitrogens with one attached hydrogen (secondary N) is 1. The van der Waals surface area contributed by atoms with Crippen LogP contribution in [0.1, 0.15) is 11.3 Å². The topological polar surface area (TPSA) is 91.1 Å². The SMILES string of the molecule is N#Cc1cc(Oc2ccc(NN(C=O)c3cc(C(F)(F)F)ccn3)cc2)ccn1. The summed E-state index contributed by atoms with van der Waals surface area (Å²) in [5, 5.41) is 9.68. The predicted molar refractivity (Wildman–Crippen MR) is 96.9 cm³/mol. The van der Waals surface area contributed by atoms with Crippen LogP contribution in [0.15, 0.2) is 60.9 Å². The molecule has 0 fully saturated rings. The molecule has 0 unspecified atom stereocenters. The molecule has 0 bridgehead atoms. The number of alkyl halides is 3. The largest absolute Gasteiger partial charge is 0.457 e. The Balaban J connectivity index is 1.72. The number of carbonyl (C=O) groups excluding carboxylic acids is 1. The average molecular weight is 399 g/mol. The van der Waals surface area contributed by atoms with E-state index in [0.717, 1.165) is 23.3 Å². The molecule has 3 rings (SSSR count). The first kappa shape index (κ1) is 19.6. The van der Waals surface area contributed by atoms with Crippen LogP contribution in [-0.4, -0.2) is 16.4 Å². The fourth-order valence-corrected chi connectivity index (χ4v) is 2.27. The Labute approximate surface area is 163 Å². The summed E-state index contributed by atoms with van der Waals surface area (Å²) in [5.41, 5.74) is 2.36. The van der Waals surface area contributed by atoms with Gasteiger partial charge >= 0.3 is 6.18 Å². The molecule has 0 spiro atoms. The molecule has 0 saturated heterocycles. The van der Waals surface area contributed by atoms with E-state index in [0.29, 0.717) is 23.6 Å². The summed E-state index contributed by atoms with van der Waals surface area (Å²) < 4.78 is 44.1. The number of pyridine rings is 2. The number of hydrogen-bond donors (Lipinski definition) is 1. The summed E-state index contributed by atoms with van der Waals surface area (Å²) in [5.74, 6) is 0.649. The van der Waals surface area contributed by atoms with Crippen LogP contribution >= 0.6 is 0 Å². The highest BCUT2D eigenvalue weighted by Gasteiger charge is 2.31. The Hall–Kier alpha value is -4.13. The monoisotopic (exact) mass is 399 g/mol. The van der Waals surface area contributed by atoms with E-state index in [1.807, 2.05) is 6.07 Å². The summed E-state index contributed by atoms with van der Waals surface area (Å²) in [6.45, 7) is 0. The summed E-state index contributed by atoms with van der Waals surface area (Å²) in [6.07, 6.45) is -1.83. The van der Waals surface area contributed by atoms with E-state index >= 15 is 0 Å². The predicted octanol–water partition coefficient (Wildman–Crippen LogP) is 4.15. The lowest BCUT2D eigenvalue weighted by atomic mass is 10.2. The maximum Gasteiger partial charge on any atom is 0.416 e. The molecule has 0 aliphatic carbocycles. The van der Waals surface area contributed by atoms with Gasteiger partial charge in [-0.1, -0.05) is 0 Å². The number of rotatable bonds is 6. The van der Waals surface area contributed by atoms with Crippen molar-refractivity contribution in [2.45, 2.75) is 6.18 Å². The third-order valence-corrected chi connectivity index (χ3v) is 3.61. The lowest BCUT2D eigenvalue weighted by Crippen LogP contribution is -2.29. The number of ether oxygens (including phenoxy) is 1. The number of hydrogen-bond acceptors (Lipinski definition) is 6. The van der Waals surface area contributed by atoms with Crippen LogP contribution in [0.2, 0.25) is 0 Å². The van der Waals surface area contributed by atoms with Gasteiger partial charge in [-0.05, 0) is 42.5 Å². The maximum absolute atomic E-state index is 12.8. The van der Waals surface area contributed by atoms with Crippen molar-refractivity contribution >= 4 is 17.9 Å². The molecule has 1 amide bonds. The quantitative estimate of drug-likeness (QED) is 0.495. The van der Waals surface area contributed by atoms with E-state index in [-0.39, 0.29) is 11.5 Å². The molecule has 2 aromatic heterocycles. The van der Waals surface area contributed by atoms with Gasteiger partial charge in [-0.2, -0.15) is 18.4 Å². The standard InChI is InChI=1S/C19H12F3N5O2/c20-19(21,22)13-5-7-25-18(9-13)27(12-28)26-14-1-3-16(4-2-14)29-17-6-8-24-15(10-17)11-23/h1-10,12,26H. The highest BCUT2D eigenvalue weighted by molar-refractivity contribution is 5.77. The van der Waals surface area contributed by atoms with E-state index in [1.54, 1.807) is 30.3 Å². The molecule has 0 aliphatic rings. The molecule has 1 N–H and O–H groups in total. The van der Waals surface area contributed by atoms with E-state index in [2.05, 4.69) is 15.4 Å². The number of nitrogens with zero attached hydrogens (tertiary/aromatic N) is 4. The minimum absolute atomic E-state index is 0.205. The molecule has 0 aliphatic heterocycles. The first-order valence-electron chi connectivity index (χ1n) is 8.07. The van der Waals surface area contributed by atoms with Crippen molar-refractivity contribution in [3.8, 4) is 17.6 Å². The van der Waals surface area contributed by atoms with Crippen LogP contribution in [0.3, 0.4) is 0 Å². The highest BCUT2D eigenvalue weighted by atomic mass is 19.4. The van der Waals surface area contributed by atoms with Crippen molar-refractivity contribution in [1.82, 2.24) is 9.97 Å². The molecule has 3 aromatic rings. The molecule has 0 radical (unpaired) electrons. The second-order valence-corrected chi connectivity index (χ2v) is 5.60. The van der Waals surface area contributed by atoms with Crippen LogP contribution < -0.4 is 15.2 Å². The zero-order chi connectivity index (χ0) is 20.9. The van der Waals surface area contributed by atoms with Crippen molar-refractivity contribution in [2.75, 3.05) is 10.4 Å². The lowest BCUT2D eigenvalue weighted by molar-refractivity contribution is -0.137. The fourth-order valence-electron chi connectivity index (χ4n) is 2.27. The number of benzene rings is 1. The van der Waals surface area contributed by atoms with Crippen molar-refractivity contribution < 1.29 is 22.7 Å². The van der Waals surface area contributed by atoms with Gasteiger partial charge in [0, 0.05) is 18.5 Å². The molecule has 10 heteroatoms. The third kappa shape index (κ3) is 4.98. The Kier molecular flexibility index (Phi) is 5.59. The van der Waals surface area contributed by atoms with Gasteiger partial charge in [0.2, 0.25) is 6.41 Å². The fraction of sp³-hybridized carbons (Fsp3) is 0.0526. The molecule has 2 heterocycles. The molecular weight excluding hydrogens is 387 g/mol. The summed E-state index contributed by atoms with van der Waals surface area (Å²) in [7, 11) is 0. The molecule has 146 valence electrons. The van der Waals surface area contributed by atoms with Gasteiger partial charge in [-0.25, -0.2) is 15.0 Å². The van der Waals surface area contributed by atoms with Crippen LogP contribution in [-0.2, 0) is 11.0 Å². The van der Waals surface area contributed by atoms with Gasteiger partial charge in [0.25, 0.3) is 0 Å². The Morgan fingerprint density at radius 1 is 1.03 bits per heavy atom. The maximum atomic E-state index is 12.8. The third-order valence-electron chi connectivity index (χ3n) is 3.61. The number of anilines is 2. The van der Waals surface area contributed by atoms with Crippen LogP contribution in [0.4, 0.5) is 24.7 Å². The van der Waals surface area contributed by atoms with Gasteiger partial charge in [0.05, 0.1) is 11.3 Å². The van der Waals surface area contributed by atoms with Crippen molar-refractivity contribution in [3.05, 3.63) is 72.2 Å². The van der Waals surface area contributed by atoms with Crippen LogP contribution in [0.25, 0.3) is 0 Å². The van der Waals surface area contributed by atoms with Crippen molar-refractivity contribution in [1.29, 1.82) is 5.26 Å². The molecule has 7 nitrogen and oxygen atoms in total. The zero-order valence-electron chi connectivity index (χ0n) is 14.6. The second kappa shape index (κ2) is 8.26. The zero-order valence-corrected chi connectivity index (χ0v) is 14.6. The minimum Gasteiger partial charge on any atom is -0.457 e. The number of amides is 1. The Bertz CT molecular complexity index is 1050. The number of aromatic nitrogens is 2. The van der Waals surface area contributed by atoms with E-state index < -0.39 is 11.7 Å². The second-order valence-electron chi connectivity index (χ2n) is 5.60. The van der Waals surface area contributed by atoms with E-state index in [1.165, 1.54) is 12.3 Å². The van der Waals surface area contributed by atoms with Crippen molar-refractivity contribution in [2.24, 2.45) is 0 Å². The minimum atomic E-state index is -4.55. The molecule has 0 atom stereocenters. The smallest absolute Gasteiger partial charge is 0.416 e. The van der Waals surface area contributed by atoms with E-state index in [9.17, 15) is 18.0 Å². The first-order valence-corrected chi connectivity index (χ1v) is 8.07. The normalized spacial score (nSPS) is 10.7. The van der Waals surface area contributed by atoms with Gasteiger partial charge in [0.15, 0.2) is 5.82 Å². The van der Waals surface area contributed by atoms with Gasteiger partial charge in [-0.3, -0.25) is 10.2 Å². The van der Waals surface area contributed by atoms with Crippen LogP contribution in [0.5, 0.6) is 11.5 Å². The molecule has 0 saturated carbocycles.